The monoisotopic (exact) mass is 355 g/mol. The summed E-state index contributed by atoms with van der Waals surface area (Å²) in [6.07, 6.45) is 0. The van der Waals surface area contributed by atoms with Crippen LogP contribution in [0.5, 0.6) is 0 Å². The zero-order valence-electron chi connectivity index (χ0n) is 16.2. The van der Waals surface area contributed by atoms with E-state index in [1.54, 1.807) is 10.4 Å². The first-order chi connectivity index (χ1) is 12.3. The molecule has 2 aliphatic rings. The predicted octanol–water partition coefficient (Wildman–Crippen LogP) is 4.90. The highest BCUT2D eigenvalue weighted by Gasteiger charge is 2.41. The molecule has 130 valence electrons. The molecule has 0 bridgehead atoms. The molecule has 1 aliphatic heterocycles. The molecule has 0 aromatic heterocycles. The van der Waals surface area contributed by atoms with E-state index >= 15 is 0 Å². The van der Waals surface area contributed by atoms with Crippen LogP contribution >= 0.6 is 0 Å². The number of nitrogens with zero attached hydrogens (tertiary/aromatic N) is 1. The maximum atomic E-state index is 2.52. The highest BCUT2D eigenvalue weighted by Crippen LogP contribution is 2.50. The lowest BCUT2D eigenvalue weighted by atomic mass is 9.82. The van der Waals surface area contributed by atoms with E-state index in [4.69, 9.17) is 0 Å². The summed E-state index contributed by atoms with van der Waals surface area (Å²) in [4.78, 5) is 2.41. The van der Waals surface area contributed by atoms with Gasteiger partial charge in [-0.25, -0.2) is 0 Å². The quantitative estimate of drug-likeness (QED) is 0.519. The Morgan fingerprint density at radius 3 is 2.23 bits per heavy atom. The van der Waals surface area contributed by atoms with Crippen LogP contribution in [-0.2, 0) is 5.41 Å². The second kappa shape index (κ2) is 4.89. The fourth-order valence-corrected chi connectivity index (χ4v) is 8.16. The zero-order chi connectivity index (χ0) is 18.3. The van der Waals surface area contributed by atoms with Gasteiger partial charge in [-0.05, 0) is 44.8 Å². The topological polar surface area (TPSA) is 3.24 Å². The maximum absolute atomic E-state index is 2.52. The predicted molar refractivity (Wildman–Crippen MR) is 115 cm³/mol. The second-order valence-corrected chi connectivity index (χ2v) is 13.1. The molecule has 0 radical (unpaired) electrons. The van der Waals surface area contributed by atoms with Crippen molar-refractivity contribution in [3.63, 3.8) is 0 Å². The van der Waals surface area contributed by atoms with Gasteiger partial charge in [-0.1, -0.05) is 75.5 Å². The van der Waals surface area contributed by atoms with E-state index < -0.39 is 8.07 Å². The van der Waals surface area contributed by atoms with Gasteiger partial charge in [0.05, 0.1) is 0 Å². The van der Waals surface area contributed by atoms with E-state index in [0.717, 1.165) is 0 Å². The van der Waals surface area contributed by atoms with Crippen molar-refractivity contribution < 1.29 is 0 Å². The molecule has 0 unspecified atom stereocenters. The van der Waals surface area contributed by atoms with Crippen LogP contribution in [0.15, 0.2) is 60.7 Å². The summed E-state index contributed by atoms with van der Waals surface area (Å²) in [5, 5.41) is 3.10. The van der Waals surface area contributed by atoms with Gasteiger partial charge in [0.1, 0.15) is 8.07 Å². The van der Waals surface area contributed by atoms with Gasteiger partial charge in [-0.15, -0.1) is 0 Å². The number of anilines is 2. The fraction of sp³-hybridized carbons (Fsp3) is 0.250. The average Bonchev–Trinajstić information content (AvgIpc) is 2.87. The molecule has 0 atom stereocenters. The van der Waals surface area contributed by atoms with Crippen molar-refractivity contribution >= 4 is 29.8 Å². The first kappa shape index (κ1) is 15.9. The molecule has 1 heterocycles. The Kier molecular flexibility index (Phi) is 2.99. The van der Waals surface area contributed by atoms with Gasteiger partial charge < -0.3 is 4.90 Å². The summed E-state index contributed by atoms with van der Waals surface area (Å²) in [7, 11) is 0.499. The van der Waals surface area contributed by atoms with E-state index in [9.17, 15) is 0 Å². The number of hydrogen-bond acceptors (Lipinski definition) is 1. The summed E-state index contributed by atoms with van der Waals surface area (Å²) >= 11 is 0. The van der Waals surface area contributed by atoms with E-state index in [-0.39, 0.29) is 5.41 Å². The molecule has 3 aromatic rings. The lowest BCUT2D eigenvalue weighted by Crippen LogP contribution is -2.58. The third-order valence-corrected chi connectivity index (χ3v) is 10.2. The van der Waals surface area contributed by atoms with E-state index in [1.807, 2.05) is 0 Å². The highest BCUT2D eigenvalue weighted by atomic mass is 28.3. The third kappa shape index (κ3) is 1.80. The van der Waals surface area contributed by atoms with E-state index in [1.165, 1.54) is 33.6 Å². The molecule has 5 rings (SSSR count). The average molecular weight is 356 g/mol. The molecular formula is C24H25NSi. The molecule has 3 aromatic carbocycles. The molecule has 0 N–H and O–H groups in total. The van der Waals surface area contributed by atoms with Crippen molar-refractivity contribution in [1.29, 1.82) is 0 Å². The minimum atomic E-state index is -1.73. The highest BCUT2D eigenvalue weighted by molar-refractivity contribution is 7.02. The van der Waals surface area contributed by atoms with Gasteiger partial charge in [0.15, 0.2) is 0 Å². The van der Waals surface area contributed by atoms with Gasteiger partial charge in [0.25, 0.3) is 0 Å². The smallest absolute Gasteiger partial charge is 0.117 e. The normalized spacial score (nSPS) is 18.0. The van der Waals surface area contributed by atoms with Crippen LogP contribution in [0.2, 0.25) is 13.1 Å². The standard InChI is InChI=1S/C24H25NSi/c1-24(2)18-11-7-6-10-16(18)17-14-23-21(15-19(17)24)25(3)20-12-8-9-13-22(20)26(23,4)5/h6-15H,1-5H3. The Labute approximate surface area is 157 Å². The van der Waals surface area contributed by atoms with Gasteiger partial charge in [-0.3, -0.25) is 0 Å². The Morgan fingerprint density at radius 1 is 0.731 bits per heavy atom. The molecule has 1 aliphatic carbocycles. The van der Waals surface area contributed by atoms with Crippen molar-refractivity contribution in [3.8, 4) is 11.1 Å². The number of para-hydroxylation sites is 1. The summed E-state index contributed by atoms with van der Waals surface area (Å²) in [5.74, 6) is 0. The van der Waals surface area contributed by atoms with Gasteiger partial charge in [-0.2, -0.15) is 0 Å². The second-order valence-electron chi connectivity index (χ2n) is 8.79. The third-order valence-electron chi connectivity index (χ3n) is 6.67. The number of hydrogen-bond donors (Lipinski definition) is 0. The molecule has 0 saturated heterocycles. The number of fused-ring (bicyclic) bond motifs is 5. The SMILES string of the molecule is CN1c2ccccc2[Si](C)(C)c2cc3c(cc21)C(C)(C)c1ccccc1-3. The van der Waals surface area contributed by atoms with Crippen LogP contribution in [0.1, 0.15) is 25.0 Å². The Bertz CT molecular complexity index is 1060. The van der Waals surface area contributed by atoms with Crippen molar-refractivity contribution in [2.75, 3.05) is 11.9 Å². The molecule has 0 amide bonds. The minimum absolute atomic E-state index is 0.0600. The molecular weight excluding hydrogens is 330 g/mol. The lowest BCUT2D eigenvalue weighted by molar-refractivity contribution is 0.660. The van der Waals surface area contributed by atoms with Crippen molar-refractivity contribution in [2.24, 2.45) is 0 Å². The first-order valence-corrected chi connectivity index (χ1v) is 12.5. The Hall–Kier alpha value is -2.32. The fourth-order valence-electron chi connectivity index (χ4n) is 5.08. The summed E-state index contributed by atoms with van der Waals surface area (Å²) < 4.78 is 0. The van der Waals surface area contributed by atoms with Gasteiger partial charge in [0, 0.05) is 23.8 Å². The van der Waals surface area contributed by atoms with E-state index in [2.05, 4.69) is 99.6 Å². The number of rotatable bonds is 0. The minimum Gasteiger partial charge on any atom is -0.345 e. The zero-order valence-corrected chi connectivity index (χ0v) is 17.2. The molecule has 26 heavy (non-hydrogen) atoms. The van der Waals surface area contributed by atoms with Crippen LogP contribution in [0, 0.1) is 0 Å². The van der Waals surface area contributed by atoms with Gasteiger partial charge >= 0.3 is 0 Å². The lowest BCUT2D eigenvalue weighted by Gasteiger charge is -2.40. The summed E-state index contributed by atoms with van der Waals surface area (Å²) in [6.45, 7) is 9.72. The maximum Gasteiger partial charge on any atom is 0.117 e. The molecule has 2 heteroatoms. The van der Waals surface area contributed by atoms with Crippen LogP contribution in [0.25, 0.3) is 11.1 Å². The van der Waals surface area contributed by atoms with E-state index in [0.29, 0.717) is 0 Å². The van der Waals surface area contributed by atoms with Crippen molar-refractivity contribution in [3.05, 3.63) is 71.8 Å². The summed E-state index contributed by atoms with van der Waals surface area (Å²) in [5.41, 5.74) is 8.62. The largest absolute Gasteiger partial charge is 0.345 e. The van der Waals surface area contributed by atoms with Crippen LogP contribution in [0.3, 0.4) is 0 Å². The van der Waals surface area contributed by atoms with Crippen LogP contribution in [0.4, 0.5) is 11.4 Å². The van der Waals surface area contributed by atoms with Crippen LogP contribution < -0.4 is 15.3 Å². The number of benzene rings is 3. The van der Waals surface area contributed by atoms with Crippen molar-refractivity contribution in [2.45, 2.75) is 32.4 Å². The Morgan fingerprint density at radius 2 is 1.42 bits per heavy atom. The molecule has 1 nitrogen and oxygen atoms in total. The molecule has 0 fully saturated rings. The van der Waals surface area contributed by atoms with Crippen molar-refractivity contribution in [1.82, 2.24) is 0 Å². The Balaban J connectivity index is 1.84. The van der Waals surface area contributed by atoms with Gasteiger partial charge in [0.2, 0.25) is 0 Å². The summed E-state index contributed by atoms with van der Waals surface area (Å²) in [6, 6.07) is 22.9. The molecule has 0 saturated carbocycles. The molecule has 0 spiro atoms. The van der Waals surface area contributed by atoms with Crippen LogP contribution in [-0.4, -0.2) is 15.1 Å². The first-order valence-electron chi connectivity index (χ1n) is 9.45.